The van der Waals surface area contributed by atoms with E-state index in [1.165, 1.54) is 0 Å². The van der Waals surface area contributed by atoms with Crippen molar-refractivity contribution < 1.29 is 14.3 Å². The molecule has 0 saturated carbocycles. The van der Waals surface area contributed by atoms with E-state index < -0.39 is 0 Å². The van der Waals surface area contributed by atoms with Gasteiger partial charge in [0.25, 0.3) is 0 Å². The van der Waals surface area contributed by atoms with Crippen molar-refractivity contribution >= 4 is 11.8 Å². The molecule has 0 unspecified atom stereocenters. The van der Waals surface area contributed by atoms with Crippen LogP contribution in [0, 0.1) is 6.92 Å². The van der Waals surface area contributed by atoms with E-state index in [1.54, 1.807) is 12.0 Å². The molecule has 0 N–H and O–H groups in total. The average molecular weight is 410 g/mol. The number of carbonyl (C=O) groups excluding carboxylic acids is 2. The Hall–Kier alpha value is -2.86. The molecule has 6 heteroatoms. The summed E-state index contributed by atoms with van der Waals surface area (Å²) in [6.07, 6.45) is 0.441. The second-order valence-electron chi connectivity index (χ2n) is 7.86. The van der Waals surface area contributed by atoms with Gasteiger partial charge in [0.1, 0.15) is 5.75 Å². The number of likely N-dealkylation sites (N-methyl/N-ethyl adjacent to an activating group) is 1. The first kappa shape index (κ1) is 21.8. The first-order valence-corrected chi connectivity index (χ1v) is 10.4. The number of ether oxygens (including phenoxy) is 1. The predicted octanol–water partition coefficient (Wildman–Crippen LogP) is 2.35. The summed E-state index contributed by atoms with van der Waals surface area (Å²) in [4.78, 5) is 31.0. The van der Waals surface area contributed by atoms with Crippen LogP contribution in [0.4, 0.5) is 0 Å². The second kappa shape index (κ2) is 10.3. The van der Waals surface area contributed by atoms with Crippen LogP contribution in [0.15, 0.2) is 48.5 Å². The highest BCUT2D eigenvalue weighted by molar-refractivity contribution is 5.80. The normalized spacial score (nSPS) is 14.4. The molecule has 1 heterocycles. The van der Waals surface area contributed by atoms with Gasteiger partial charge in [0.2, 0.25) is 11.8 Å². The third-order valence-electron chi connectivity index (χ3n) is 5.69. The van der Waals surface area contributed by atoms with Crippen LogP contribution in [0.2, 0.25) is 0 Å². The minimum atomic E-state index is 0.0884. The second-order valence-corrected chi connectivity index (χ2v) is 7.86. The quantitative estimate of drug-likeness (QED) is 0.705. The molecular formula is C24H31N3O3. The average Bonchev–Trinajstić information content (AvgIpc) is 2.76. The summed E-state index contributed by atoms with van der Waals surface area (Å²) in [7, 11) is 3.47. The van der Waals surface area contributed by atoms with Crippen molar-refractivity contribution in [3.05, 3.63) is 65.2 Å². The van der Waals surface area contributed by atoms with Gasteiger partial charge in [-0.2, -0.15) is 0 Å². The maximum Gasteiger partial charge on any atom is 0.236 e. The van der Waals surface area contributed by atoms with E-state index in [1.807, 2.05) is 67.4 Å². The van der Waals surface area contributed by atoms with Gasteiger partial charge < -0.3 is 14.5 Å². The minimum Gasteiger partial charge on any atom is -0.497 e. The Morgan fingerprint density at radius 2 is 1.67 bits per heavy atom. The van der Waals surface area contributed by atoms with Crippen LogP contribution in [0.25, 0.3) is 0 Å². The van der Waals surface area contributed by atoms with Crippen LogP contribution in [-0.4, -0.2) is 73.4 Å². The Kier molecular flexibility index (Phi) is 7.46. The van der Waals surface area contributed by atoms with E-state index in [4.69, 9.17) is 4.74 Å². The predicted molar refractivity (Wildman–Crippen MR) is 117 cm³/mol. The molecule has 1 fully saturated rings. The molecule has 1 aliphatic heterocycles. The van der Waals surface area contributed by atoms with E-state index in [-0.39, 0.29) is 11.8 Å². The number of aryl methyl sites for hydroxylation is 1. The Labute approximate surface area is 179 Å². The van der Waals surface area contributed by atoms with Crippen molar-refractivity contribution in [1.29, 1.82) is 0 Å². The number of methoxy groups -OCH3 is 1. The fourth-order valence-electron chi connectivity index (χ4n) is 3.64. The van der Waals surface area contributed by atoms with Gasteiger partial charge in [-0.25, -0.2) is 0 Å². The number of benzene rings is 2. The zero-order chi connectivity index (χ0) is 21.5. The van der Waals surface area contributed by atoms with E-state index in [0.717, 1.165) is 35.5 Å². The number of rotatable bonds is 7. The number of hydrogen-bond donors (Lipinski definition) is 0. The lowest BCUT2D eigenvalue weighted by molar-refractivity contribution is -0.134. The smallest absolute Gasteiger partial charge is 0.236 e. The third kappa shape index (κ3) is 5.83. The van der Waals surface area contributed by atoms with Crippen molar-refractivity contribution in [2.75, 3.05) is 46.9 Å². The Balaban J connectivity index is 1.43. The van der Waals surface area contributed by atoms with Crippen LogP contribution in [0.1, 0.15) is 16.7 Å². The molecule has 30 heavy (non-hydrogen) atoms. The Morgan fingerprint density at radius 3 is 2.30 bits per heavy atom. The lowest BCUT2D eigenvalue weighted by Crippen LogP contribution is -2.51. The lowest BCUT2D eigenvalue weighted by Gasteiger charge is -2.35. The number of carbonyl (C=O) groups is 2. The van der Waals surface area contributed by atoms with E-state index in [0.29, 0.717) is 32.6 Å². The molecule has 2 aromatic rings. The summed E-state index contributed by atoms with van der Waals surface area (Å²) in [5.41, 5.74) is 3.30. The zero-order valence-corrected chi connectivity index (χ0v) is 18.1. The van der Waals surface area contributed by atoms with Crippen LogP contribution in [0.5, 0.6) is 5.75 Å². The van der Waals surface area contributed by atoms with Crippen LogP contribution < -0.4 is 4.74 Å². The molecule has 0 aliphatic carbocycles. The fraction of sp³-hybridized carbons (Fsp3) is 0.417. The molecule has 1 saturated heterocycles. The van der Waals surface area contributed by atoms with Gasteiger partial charge in [-0.3, -0.25) is 14.5 Å². The van der Waals surface area contributed by atoms with Crippen molar-refractivity contribution in [2.24, 2.45) is 0 Å². The lowest BCUT2D eigenvalue weighted by atomic mass is 10.1. The summed E-state index contributed by atoms with van der Waals surface area (Å²) in [6.45, 7) is 5.77. The third-order valence-corrected chi connectivity index (χ3v) is 5.69. The number of hydrogen-bond acceptors (Lipinski definition) is 4. The first-order valence-electron chi connectivity index (χ1n) is 10.4. The topological polar surface area (TPSA) is 53.1 Å². The molecule has 160 valence electrons. The minimum absolute atomic E-state index is 0.0884. The molecule has 3 rings (SSSR count). The van der Waals surface area contributed by atoms with Crippen LogP contribution >= 0.6 is 0 Å². The van der Waals surface area contributed by atoms with Crippen LogP contribution in [0.3, 0.4) is 0 Å². The van der Waals surface area contributed by atoms with Gasteiger partial charge in [0, 0.05) is 39.8 Å². The maximum absolute atomic E-state index is 12.6. The van der Waals surface area contributed by atoms with Crippen molar-refractivity contribution in [1.82, 2.24) is 14.7 Å². The number of piperazine rings is 1. The van der Waals surface area contributed by atoms with Gasteiger partial charge in [0.05, 0.1) is 20.1 Å². The molecule has 0 radical (unpaired) electrons. The highest BCUT2D eigenvalue weighted by atomic mass is 16.5. The van der Waals surface area contributed by atoms with Crippen molar-refractivity contribution in [3.8, 4) is 5.75 Å². The number of amides is 2. The standard InChI is InChI=1S/C24H31N3O3/c1-19-6-4-5-7-21(19)16-23(28)27-14-12-26(13-15-27)18-24(29)25(2)17-20-8-10-22(30-3)11-9-20/h4-11H,12-18H2,1-3H3. The van der Waals surface area contributed by atoms with E-state index in [2.05, 4.69) is 4.90 Å². The number of nitrogens with zero attached hydrogens (tertiary/aromatic N) is 3. The Morgan fingerprint density at radius 1 is 1.00 bits per heavy atom. The summed E-state index contributed by atoms with van der Waals surface area (Å²) >= 11 is 0. The Bertz CT molecular complexity index is 858. The fourth-order valence-corrected chi connectivity index (χ4v) is 3.64. The first-order chi connectivity index (χ1) is 14.5. The van der Waals surface area contributed by atoms with E-state index >= 15 is 0 Å². The van der Waals surface area contributed by atoms with Crippen molar-refractivity contribution in [3.63, 3.8) is 0 Å². The van der Waals surface area contributed by atoms with Gasteiger partial charge in [0.15, 0.2) is 0 Å². The molecule has 6 nitrogen and oxygen atoms in total. The van der Waals surface area contributed by atoms with Crippen molar-refractivity contribution in [2.45, 2.75) is 19.9 Å². The van der Waals surface area contributed by atoms with Gasteiger partial charge in [-0.1, -0.05) is 36.4 Å². The largest absolute Gasteiger partial charge is 0.497 e. The molecule has 2 amide bonds. The summed E-state index contributed by atoms with van der Waals surface area (Å²) in [5, 5.41) is 0. The van der Waals surface area contributed by atoms with E-state index in [9.17, 15) is 9.59 Å². The monoisotopic (exact) mass is 409 g/mol. The maximum atomic E-state index is 12.6. The molecule has 0 bridgehead atoms. The molecule has 0 atom stereocenters. The molecule has 1 aliphatic rings. The van der Waals surface area contributed by atoms with Gasteiger partial charge in [-0.15, -0.1) is 0 Å². The summed E-state index contributed by atoms with van der Waals surface area (Å²) in [5.74, 6) is 1.06. The highest BCUT2D eigenvalue weighted by Gasteiger charge is 2.23. The van der Waals surface area contributed by atoms with Gasteiger partial charge in [-0.05, 0) is 35.7 Å². The SMILES string of the molecule is COc1ccc(CN(C)C(=O)CN2CCN(C(=O)Cc3ccccc3C)CC2)cc1. The molecule has 2 aromatic carbocycles. The van der Waals surface area contributed by atoms with Gasteiger partial charge >= 0.3 is 0 Å². The molecule has 0 spiro atoms. The molecule has 0 aromatic heterocycles. The molecular weight excluding hydrogens is 378 g/mol. The summed E-state index contributed by atoms with van der Waals surface area (Å²) in [6, 6.07) is 15.8. The highest BCUT2D eigenvalue weighted by Crippen LogP contribution is 2.14. The summed E-state index contributed by atoms with van der Waals surface area (Å²) < 4.78 is 5.17. The zero-order valence-electron chi connectivity index (χ0n) is 18.1. The van der Waals surface area contributed by atoms with Crippen LogP contribution in [-0.2, 0) is 22.6 Å².